The summed E-state index contributed by atoms with van der Waals surface area (Å²) in [4.78, 5) is 42.9. The molecule has 0 radical (unpaired) electrons. The van der Waals surface area contributed by atoms with Crippen molar-refractivity contribution in [3.05, 3.63) is 11.6 Å². The van der Waals surface area contributed by atoms with Crippen molar-refractivity contribution in [2.45, 2.75) is 18.9 Å². The van der Waals surface area contributed by atoms with Gasteiger partial charge in [0.1, 0.15) is 6.04 Å². The number of hydrogen-bond donors (Lipinski definition) is 2. The Kier molecular flexibility index (Phi) is 4.23. The minimum absolute atomic E-state index is 0.0211. The Bertz CT molecular complexity index is 568. The molecular formula is C13H17N5O3S. The number of urea groups is 1. The summed E-state index contributed by atoms with van der Waals surface area (Å²) in [7, 11) is 0. The molecule has 0 saturated carbocycles. The fraction of sp³-hybridized carbons (Fsp3) is 0.538. The number of carbonyl (C=O) groups is 3. The highest BCUT2D eigenvalue weighted by Gasteiger charge is 2.30. The first-order valence-electron chi connectivity index (χ1n) is 7.17. The summed E-state index contributed by atoms with van der Waals surface area (Å²) in [5.74, 6) is -0.334. The predicted molar refractivity (Wildman–Crippen MR) is 80.6 cm³/mol. The van der Waals surface area contributed by atoms with Gasteiger partial charge in [-0.2, -0.15) is 0 Å². The van der Waals surface area contributed by atoms with E-state index in [1.165, 1.54) is 0 Å². The lowest BCUT2D eigenvalue weighted by Gasteiger charge is -2.34. The first-order chi connectivity index (χ1) is 10.6. The van der Waals surface area contributed by atoms with E-state index < -0.39 is 12.1 Å². The Hall–Kier alpha value is -2.16. The number of amides is 4. The predicted octanol–water partition coefficient (Wildman–Crippen LogP) is -0.220. The molecule has 0 spiro atoms. The van der Waals surface area contributed by atoms with Gasteiger partial charge in [-0.25, -0.2) is 9.78 Å². The van der Waals surface area contributed by atoms with Crippen molar-refractivity contribution < 1.29 is 14.4 Å². The third kappa shape index (κ3) is 3.19. The van der Waals surface area contributed by atoms with Crippen LogP contribution in [0.2, 0.25) is 0 Å². The monoisotopic (exact) mass is 323 g/mol. The molecular weight excluding hydrogens is 306 g/mol. The third-order valence-corrected chi connectivity index (χ3v) is 4.66. The van der Waals surface area contributed by atoms with Gasteiger partial charge in [0.05, 0.1) is 0 Å². The maximum Gasteiger partial charge on any atom is 0.322 e. The molecule has 8 nitrogen and oxygen atoms in total. The average Bonchev–Trinajstić information content (AvgIpc) is 3.15. The van der Waals surface area contributed by atoms with E-state index in [9.17, 15) is 14.4 Å². The highest BCUT2D eigenvalue weighted by molar-refractivity contribution is 7.13. The van der Waals surface area contributed by atoms with Gasteiger partial charge >= 0.3 is 6.03 Å². The topological polar surface area (TPSA) is 94.6 Å². The van der Waals surface area contributed by atoms with Crippen LogP contribution in [0.5, 0.6) is 0 Å². The molecule has 2 saturated heterocycles. The van der Waals surface area contributed by atoms with Crippen LogP contribution >= 0.6 is 11.3 Å². The summed E-state index contributed by atoms with van der Waals surface area (Å²) in [6.45, 7) is 2.84. The fourth-order valence-corrected chi connectivity index (χ4v) is 3.30. The first-order valence-corrected chi connectivity index (χ1v) is 8.05. The van der Waals surface area contributed by atoms with Gasteiger partial charge in [-0.1, -0.05) is 0 Å². The number of imide groups is 1. The van der Waals surface area contributed by atoms with Crippen LogP contribution in [0.25, 0.3) is 0 Å². The SMILES string of the molecule is O=C1NC(=O)C(CCC(=O)N2CCN(c3nccs3)CC2)N1. The highest BCUT2D eigenvalue weighted by atomic mass is 32.1. The molecule has 4 amide bonds. The van der Waals surface area contributed by atoms with E-state index in [0.717, 1.165) is 18.2 Å². The molecule has 22 heavy (non-hydrogen) atoms. The van der Waals surface area contributed by atoms with Crippen molar-refractivity contribution in [2.75, 3.05) is 31.1 Å². The largest absolute Gasteiger partial charge is 0.345 e. The quantitative estimate of drug-likeness (QED) is 0.747. The molecule has 0 aromatic carbocycles. The number of carbonyl (C=O) groups excluding carboxylic acids is 3. The Morgan fingerprint density at radius 1 is 1.32 bits per heavy atom. The molecule has 1 unspecified atom stereocenters. The van der Waals surface area contributed by atoms with Gasteiger partial charge in [0.15, 0.2) is 5.13 Å². The van der Waals surface area contributed by atoms with E-state index >= 15 is 0 Å². The fourth-order valence-electron chi connectivity index (χ4n) is 2.61. The number of hydrogen-bond acceptors (Lipinski definition) is 6. The molecule has 1 atom stereocenters. The summed E-state index contributed by atoms with van der Waals surface area (Å²) in [5.41, 5.74) is 0. The van der Waals surface area contributed by atoms with Crippen LogP contribution in [-0.4, -0.2) is 60.0 Å². The van der Waals surface area contributed by atoms with E-state index in [1.54, 1.807) is 22.4 Å². The van der Waals surface area contributed by atoms with E-state index in [0.29, 0.717) is 19.5 Å². The first kappa shape index (κ1) is 14.8. The molecule has 1 aromatic rings. The average molecular weight is 323 g/mol. The summed E-state index contributed by atoms with van der Waals surface area (Å²) in [6.07, 6.45) is 2.37. The Morgan fingerprint density at radius 2 is 2.09 bits per heavy atom. The van der Waals surface area contributed by atoms with Crippen LogP contribution in [0.3, 0.4) is 0 Å². The van der Waals surface area contributed by atoms with Crippen LogP contribution in [0.1, 0.15) is 12.8 Å². The van der Waals surface area contributed by atoms with E-state index in [-0.39, 0.29) is 18.2 Å². The second-order valence-corrected chi connectivity index (χ2v) is 6.11. The van der Waals surface area contributed by atoms with Crippen LogP contribution in [0.15, 0.2) is 11.6 Å². The van der Waals surface area contributed by atoms with Crippen molar-refractivity contribution in [2.24, 2.45) is 0 Å². The number of thiazole rings is 1. The lowest BCUT2D eigenvalue weighted by atomic mass is 10.1. The van der Waals surface area contributed by atoms with E-state index in [4.69, 9.17) is 0 Å². The van der Waals surface area contributed by atoms with Crippen molar-refractivity contribution in [1.82, 2.24) is 20.5 Å². The normalized spacial score (nSPS) is 21.7. The van der Waals surface area contributed by atoms with Crippen LogP contribution in [-0.2, 0) is 9.59 Å². The molecule has 2 aliphatic rings. The van der Waals surface area contributed by atoms with Gasteiger partial charge in [-0.05, 0) is 6.42 Å². The third-order valence-electron chi connectivity index (χ3n) is 3.83. The summed E-state index contributed by atoms with van der Waals surface area (Å²) >= 11 is 1.59. The van der Waals surface area contributed by atoms with Gasteiger partial charge in [0.2, 0.25) is 5.91 Å². The highest BCUT2D eigenvalue weighted by Crippen LogP contribution is 2.19. The van der Waals surface area contributed by atoms with Crippen LogP contribution < -0.4 is 15.5 Å². The number of rotatable bonds is 4. The molecule has 3 rings (SSSR count). The minimum atomic E-state index is -0.590. The Morgan fingerprint density at radius 3 is 2.68 bits per heavy atom. The van der Waals surface area contributed by atoms with Crippen molar-refractivity contribution in [3.63, 3.8) is 0 Å². The van der Waals surface area contributed by atoms with Gasteiger partial charge < -0.3 is 15.1 Å². The maximum atomic E-state index is 12.2. The molecule has 0 bridgehead atoms. The second kappa shape index (κ2) is 6.30. The Balaban J connectivity index is 1.44. The summed E-state index contributed by atoms with van der Waals surface area (Å²) < 4.78 is 0. The maximum absolute atomic E-state index is 12.2. The molecule has 2 aliphatic heterocycles. The second-order valence-electron chi connectivity index (χ2n) is 5.24. The molecule has 0 aliphatic carbocycles. The number of aromatic nitrogens is 1. The smallest absolute Gasteiger partial charge is 0.322 e. The lowest BCUT2D eigenvalue weighted by molar-refractivity contribution is -0.131. The van der Waals surface area contributed by atoms with Gasteiger partial charge in [0, 0.05) is 44.2 Å². The van der Waals surface area contributed by atoms with Crippen molar-refractivity contribution in [3.8, 4) is 0 Å². The molecule has 118 valence electrons. The van der Waals surface area contributed by atoms with E-state index in [1.807, 2.05) is 5.38 Å². The Labute approximate surface area is 131 Å². The van der Waals surface area contributed by atoms with Crippen molar-refractivity contribution >= 4 is 34.3 Å². The summed E-state index contributed by atoms with van der Waals surface area (Å²) in [6, 6.07) is -1.08. The molecule has 3 heterocycles. The van der Waals surface area contributed by atoms with Crippen LogP contribution in [0.4, 0.5) is 9.93 Å². The zero-order valence-corrected chi connectivity index (χ0v) is 12.8. The lowest BCUT2D eigenvalue weighted by Crippen LogP contribution is -2.49. The number of nitrogens with one attached hydrogen (secondary N) is 2. The molecule has 9 heteroatoms. The summed E-state index contributed by atoms with van der Waals surface area (Å²) in [5, 5.41) is 7.59. The standard InChI is InChI=1S/C13H17N5O3S/c19-10(2-1-9-11(20)16-12(21)15-9)17-4-6-18(7-5-17)13-14-3-8-22-13/h3,8-9H,1-2,4-7H2,(H2,15,16,20,21). The van der Waals surface area contributed by atoms with Crippen LogP contribution in [0, 0.1) is 0 Å². The molecule has 1 aromatic heterocycles. The molecule has 2 fully saturated rings. The van der Waals surface area contributed by atoms with Gasteiger partial charge in [-0.15, -0.1) is 11.3 Å². The number of nitrogens with zero attached hydrogens (tertiary/aromatic N) is 3. The molecule has 2 N–H and O–H groups in total. The zero-order valence-electron chi connectivity index (χ0n) is 11.9. The number of anilines is 1. The zero-order chi connectivity index (χ0) is 15.5. The van der Waals surface area contributed by atoms with Gasteiger partial charge in [0.25, 0.3) is 5.91 Å². The van der Waals surface area contributed by atoms with E-state index in [2.05, 4.69) is 20.5 Å². The van der Waals surface area contributed by atoms with Crippen molar-refractivity contribution in [1.29, 1.82) is 0 Å². The number of piperazine rings is 1. The van der Waals surface area contributed by atoms with Gasteiger partial charge in [-0.3, -0.25) is 14.9 Å². The minimum Gasteiger partial charge on any atom is -0.345 e.